The Morgan fingerprint density at radius 2 is 1.96 bits per heavy atom. The summed E-state index contributed by atoms with van der Waals surface area (Å²) in [6.07, 6.45) is 1.38. The molecule has 2 heterocycles. The molecule has 1 aliphatic heterocycles. The van der Waals surface area contributed by atoms with E-state index in [9.17, 15) is 9.90 Å². The highest BCUT2D eigenvalue weighted by Gasteiger charge is 2.24. The fraction of sp³-hybridized carbons (Fsp3) is 0.632. The number of likely N-dealkylation sites (tertiary alicyclic amines) is 1. The van der Waals surface area contributed by atoms with Crippen LogP contribution in [0.4, 0.5) is 0 Å². The van der Waals surface area contributed by atoms with Crippen LogP contribution in [0.3, 0.4) is 0 Å². The van der Waals surface area contributed by atoms with Gasteiger partial charge in [-0.2, -0.15) is 0 Å². The summed E-state index contributed by atoms with van der Waals surface area (Å²) < 4.78 is 7.41. The normalized spacial score (nSPS) is 18.2. The summed E-state index contributed by atoms with van der Waals surface area (Å²) in [6.45, 7) is 7.68. The molecule has 0 saturated carbocycles. The lowest BCUT2D eigenvalue weighted by atomic mass is 10.0. The molecule has 2 aromatic rings. The van der Waals surface area contributed by atoms with Gasteiger partial charge in [-0.3, -0.25) is 4.57 Å². The third-order valence-corrected chi connectivity index (χ3v) is 4.78. The van der Waals surface area contributed by atoms with Crippen molar-refractivity contribution in [3.8, 4) is 0 Å². The van der Waals surface area contributed by atoms with E-state index < -0.39 is 6.10 Å². The molecular weight excluding hydrogens is 318 g/mol. The molecule has 0 bridgehead atoms. The van der Waals surface area contributed by atoms with Crippen molar-refractivity contribution in [1.29, 1.82) is 0 Å². The molecule has 1 saturated heterocycles. The fourth-order valence-electron chi connectivity index (χ4n) is 3.59. The average molecular weight is 347 g/mol. The van der Waals surface area contributed by atoms with E-state index in [2.05, 4.69) is 23.7 Å². The Labute approximate surface area is 148 Å². The Morgan fingerprint density at radius 1 is 1.24 bits per heavy atom. The molecule has 3 rings (SSSR count). The van der Waals surface area contributed by atoms with E-state index in [1.807, 2.05) is 28.8 Å². The van der Waals surface area contributed by atoms with Crippen molar-refractivity contribution in [2.45, 2.75) is 38.8 Å². The summed E-state index contributed by atoms with van der Waals surface area (Å²) in [4.78, 5) is 17.5. The molecule has 1 atom stereocenters. The third-order valence-electron chi connectivity index (χ3n) is 4.78. The average Bonchev–Trinajstić information content (AvgIpc) is 2.91. The number of ether oxygens (including phenoxy) is 1. The van der Waals surface area contributed by atoms with Crippen LogP contribution in [-0.4, -0.2) is 58.5 Å². The first-order chi connectivity index (χ1) is 12.0. The summed E-state index contributed by atoms with van der Waals surface area (Å²) in [5, 5.41) is 10.1. The van der Waals surface area contributed by atoms with Crippen LogP contribution in [-0.2, 0) is 4.74 Å². The summed E-state index contributed by atoms with van der Waals surface area (Å²) in [5.74, 6) is 0.484. The molecule has 2 N–H and O–H groups in total. The number of imidazole rings is 1. The molecule has 1 aliphatic rings. The summed E-state index contributed by atoms with van der Waals surface area (Å²) in [5.41, 5.74) is 1.85. The van der Waals surface area contributed by atoms with Crippen LogP contribution >= 0.6 is 0 Å². The maximum absolute atomic E-state index is 12.3. The van der Waals surface area contributed by atoms with Gasteiger partial charge in [0.05, 0.1) is 23.7 Å². The molecular formula is C19H29N3O3. The van der Waals surface area contributed by atoms with Gasteiger partial charge >= 0.3 is 5.69 Å². The molecule has 1 aromatic heterocycles. The van der Waals surface area contributed by atoms with E-state index in [1.165, 1.54) is 0 Å². The Balaban J connectivity index is 1.53. The van der Waals surface area contributed by atoms with Gasteiger partial charge in [0, 0.05) is 32.3 Å². The number of aliphatic hydroxyl groups excluding tert-OH is 1. The SMILES string of the molecule is CC(C)COCC(O)CN1CCC(n2c(=O)[nH]c3ccccc32)CC1. The molecule has 0 aliphatic carbocycles. The van der Waals surface area contributed by atoms with Gasteiger partial charge in [0.1, 0.15) is 0 Å². The van der Waals surface area contributed by atoms with Crippen molar-refractivity contribution in [2.24, 2.45) is 5.92 Å². The van der Waals surface area contributed by atoms with Gasteiger partial charge in [-0.25, -0.2) is 4.79 Å². The molecule has 0 amide bonds. The number of aliphatic hydroxyl groups is 1. The highest BCUT2D eigenvalue weighted by molar-refractivity contribution is 5.75. The van der Waals surface area contributed by atoms with Crippen LogP contribution in [0, 0.1) is 5.92 Å². The minimum atomic E-state index is -0.453. The third kappa shape index (κ3) is 4.51. The number of β-amino-alcohol motifs (C(OH)–C–C–N with tert-alkyl or cyclic N) is 1. The van der Waals surface area contributed by atoms with Gasteiger partial charge < -0.3 is 19.7 Å². The first-order valence-corrected chi connectivity index (χ1v) is 9.22. The second-order valence-corrected chi connectivity index (χ2v) is 7.43. The molecule has 6 nitrogen and oxygen atoms in total. The van der Waals surface area contributed by atoms with Gasteiger partial charge in [-0.1, -0.05) is 26.0 Å². The van der Waals surface area contributed by atoms with Gasteiger partial charge in [0.2, 0.25) is 0 Å². The van der Waals surface area contributed by atoms with Crippen molar-refractivity contribution in [3.63, 3.8) is 0 Å². The number of piperidine rings is 1. The zero-order valence-electron chi connectivity index (χ0n) is 15.1. The molecule has 6 heteroatoms. The number of nitrogens with zero attached hydrogens (tertiary/aromatic N) is 2. The van der Waals surface area contributed by atoms with Gasteiger partial charge in [0.15, 0.2) is 0 Å². The molecule has 0 spiro atoms. The number of nitrogens with one attached hydrogen (secondary N) is 1. The van der Waals surface area contributed by atoms with Gasteiger partial charge in [0.25, 0.3) is 0 Å². The van der Waals surface area contributed by atoms with Crippen LogP contribution in [0.2, 0.25) is 0 Å². The molecule has 138 valence electrons. The van der Waals surface area contributed by atoms with Crippen molar-refractivity contribution in [2.75, 3.05) is 32.8 Å². The summed E-state index contributed by atoms with van der Waals surface area (Å²) in [7, 11) is 0. The Morgan fingerprint density at radius 3 is 2.68 bits per heavy atom. The number of aromatic amines is 1. The number of para-hydroxylation sites is 2. The summed E-state index contributed by atoms with van der Waals surface area (Å²) in [6, 6.07) is 8.06. The van der Waals surface area contributed by atoms with E-state index in [-0.39, 0.29) is 11.7 Å². The van der Waals surface area contributed by atoms with Crippen LogP contribution in [0.5, 0.6) is 0 Å². The van der Waals surface area contributed by atoms with Crippen molar-refractivity contribution in [3.05, 3.63) is 34.7 Å². The zero-order chi connectivity index (χ0) is 17.8. The van der Waals surface area contributed by atoms with Crippen molar-refractivity contribution in [1.82, 2.24) is 14.5 Å². The predicted octanol–water partition coefficient (Wildman–Crippen LogP) is 2.00. The first kappa shape index (κ1) is 18.2. The molecule has 1 fully saturated rings. The lowest BCUT2D eigenvalue weighted by Gasteiger charge is -2.33. The monoisotopic (exact) mass is 347 g/mol. The van der Waals surface area contributed by atoms with Crippen molar-refractivity contribution < 1.29 is 9.84 Å². The smallest absolute Gasteiger partial charge is 0.326 e. The molecule has 0 radical (unpaired) electrons. The topological polar surface area (TPSA) is 70.5 Å². The van der Waals surface area contributed by atoms with E-state index in [1.54, 1.807) is 0 Å². The number of H-pyrrole nitrogens is 1. The largest absolute Gasteiger partial charge is 0.389 e. The number of hydrogen-bond acceptors (Lipinski definition) is 4. The number of fused-ring (bicyclic) bond motifs is 1. The van der Waals surface area contributed by atoms with Crippen LogP contribution in [0.1, 0.15) is 32.7 Å². The number of aromatic nitrogens is 2. The Hall–Kier alpha value is -1.63. The van der Waals surface area contributed by atoms with Gasteiger partial charge in [-0.05, 0) is 30.9 Å². The van der Waals surface area contributed by atoms with Crippen molar-refractivity contribution >= 4 is 11.0 Å². The van der Waals surface area contributed by atoms with Crippen LogP contribution in [0.25, 0.3) is 11.0 Å². The molecule has 25 heavy (non-hydrogen) atoms. The minimum absolute atomic E-state index is 0.0261. The molecule has 1 aromatic carbocycles. The molecule has 1 unspecified atom stereocenters. The van der Waals surface area contributed by atoms with E-state index in [0.717, 1.165) is 37.0 Å². The fourth-order valence-corrected chi connectivity index (χ4v) is 3.59. The lowest BCUT2D eigenvalue weighted by Crippen LogP contribution is -2.41. The van der Waals surface area contributed by atoms with Gasteiger partial charge in [-0.15, -0.1) is 0 Å². The maximum Gasteiger partial charge on any atom is 0.326 e. The predicted molar refractivity (Wildman–Crippen MR) is 98.9 cm³/mol. The second kappa shape index (κ2) is 8.17. The van der Waals surface area contributed by atoms with E-state index >= 15 is 0 Å². The number of hydrogen-bond donors (Lipinski definition) is 2. The van der Waals surface area contributed by atoms with Crippen LogP contribution < -0.4 is 5.69 Å². The maximum atomic E-state index is 12.3. The minimum Gasteiger partial charge on any atom is -0.389 e. The standard InChI is InChI=1S/C19H29N3O3/c1-14(2)12-25-13-16(23)11-21-9-7-15(8-10-21)22-18-6-4-3-5-17(18)20-19(22)24/h3-6,14-16,23H,7-13H2,1-2H3,(H,20,24). The number of rotatable bonds is 7. The Kier molecular flexibility index (Phi) is 5.93. The first-order valence-electron chi connectivity index (χ1n) is 9.22. The highest BCUT2D eigenvalue weighted by atomic mass is 16.5. The number of benzene rings is 1. The lowest BCUT2D eigenvalue weighted by molar-refractivity contribution is 0.00344. The Bertz CT molecular complexity index is 729. The van der Waals surface area contributed by atoms with E-state index in [4.69, 9.17) is 4.74 Å². The van der Waals surface area contributed by atoms with E-state index in [0.29, 0.717) is 25.7 Å². The summed E-state index contributed by atoms with van der Waals surface area (Å²) >= 11 is 0. The van der Waals surface area contributed by atoms with Crippen LogP contribution in [0.15, 0.2) is 29.1 Å². The quantitative estimate of drug-likeness (QED) is 0.804. The second-order valence-electron chi connectivity index (χ2n) is 7.43. The zero-order valence-corrected chi connectivity index (χ0v) is 15.1. The highest BCUT2D eigenvalue weighted by Crippen LogP contribution is 2.24.